The first-order valence-corrected chi connectivity index (χ1v) is 9.02. The fourth-order valence-electron chi connectivity index (χ4n) is 4.66. The topological polar surface area (TPSA) is 40.7 Å². The molecule has 0 aliphatic heterocycles. The summed E-state index contributed by atoms with van der Waals surface area (Å²) in [6.07, 6.45) is 17.5. The minimum absolute atomic E-state index is 0.655. The van der Waals surface area contributed by atoms with Gasteiger partial charge in [0.15, 0.2) is 0 Å². The Morgan fingerprint density at radius 3 is 2.67 bits per heavy atom. The molecule has 1 atom stereocenters. The second kappa shape index (κ2) is 6.95. The molecule has 1 heterocycles. The Balaban J connectivity index is 1.47. The lowest BCUT2D eigenvalue weighted by molar-refractivity contribution is 0.0747. The summed E-state index contributed by atoms with van der Waals surface area (Å²) < 4.78 is 0. The largest absolute Gasteiger partial charge is 0.313 e. The molecule has 1 unspecified atom stereocenters. The van der Waals surface area contributed by atoms with Gasteiger partial charge in [0.1, 0.15) is 0 Å². The van der Waals surface area contributed by atoms with Crippen LogP contribution in [0.5, 0.6) is 0 Å². The quantitative estimate of drug-likeness (QED) is 0.800. The van der Waals surface area contributed by atoms with Gasteiger partial charge in [-0.25, -0.2) is 0 Å². The van der Waals surface area contributed by atoms with Crippen LogP contribution in [0, 0.1) is 12.3 Å². The molecule has 2 aliphatic rings. The Labute approximate surface area is 129 Å². The monoisotopic (exact) mass is 289 g/mol. The fraction of sp³-hybridized carbons (Fsp3) is 0.833. The molecule has 2 aliphatic carbocycles. The molecule has 0 aromatic carbocycles. The summed E-state index contributed by atoms with van der Waals surface area (Å²) in [5.74, 6) is 0. The molecule has 1 spiro atoms. The van der Waals surface area contributed by atoms with Crippen molar-refractivity contribution in [1.82, 2.24) is 15.5 Å². The number of aromatic nitrogens is 2. The van der Waals surface area contributed by atoms with Crippen LogP contribution in [0.2, 0.25) is 0 Å². The molecule has 3 nitrogen and oxygen atoms in total. The SMILES string of the molecule is Cc1[nH]ncc1CCCNC1CCCCC12CCCCC2. The summed E-state index contributed by atoms with van der Waals surface area (Å²) in [7, 11) is 0. The number of hydrogen-bond acceptors (Lipinski definition) is 2. The molecule has 0 radical (unpaired) electrons. The zero-order chi connectivity index (χ0) is 14.5. The molecule has 2 N–H and O–H groups in total. The number of aromatic amines is 1. The van der Waals surface area contributed by atoms with E-state index in [-0.39, 0.29) is 0 Å². The number of rotatable bonds is 5. The van der Waals surface area contributed by atoms with Crippen molar-refractivity contribution < 1.29 is 0 Å². The van der Waals surface area contributed by atoms with Crippen LogP contribution in [0.3, 0.4) is 0 Å². The Hall–Kier alpha value is -0.830. The molecule has 21 heavy (non-hydrogen) atoms. The zero-order valence-corrected chi connectivity index (χ0v) is 13.6. The van der Waals surface area contributed by atoms with Crippen molar-refractivity contribution in [2.45, 2.75) is 83.6 Å². The predicted octanol–water partition coefficient (Wildman–Crippen LogP) is 4.13. The molecule has 0 bridgehead atoms. The minimum Gasteiger partial charge on any atom is -0.313 e. The summed E-state index contributed by atoms with van der Waals surface area (Å²) in [5.41, 5.74) is 3.27. The van der Waals surface area contributed by atoms with E-state index < -0.39 is 0 Å². The van der Waals surface area contributed by atoms with Gasteiger partial charge in [-0.05, 0) is 63.0 Å². The summed E-state index contributed by atoms with van der Waals surface area (Å²) in [5, 5.41) is 11.1. The van der Waals surface area contributed by atoms with Crippen molar-refractivity contribution in [2.24, 2.45) is 5.41 Å². The van der Waals surface area contributed by atoms with Crippen molar-refractivity contribution in [3.05, 3.63) is 17.5 Å². The summed E-state index contributed by atoms with van der Waals surface area (Å²) >= 11 is 0. The number of nitrogens with one attached hydrogen (secondary N) is 2. The maximum Gasteiger partial charge on any atom is 0.0522 e. The van der Waals surface area contributed by atoms with E-state index in [9.17, 15) is 0 Å². The lowest BCUT2D eigenvalue weighted by Crippen LogP contribution is -2.48. The molecule has 3 rings (SSSR count). The van der Waals surface area contributed by atoms with Gasteiger partial charge in [-0.3, -0.25) is 5.10 Å². The van der Waals surface area contributed by atoms with E-state index in [2.05, 4.69) is 22.4 Å². The third-order valence-corrected chi connectivity index (χ3v) is 5.95. The van der Waals surface area contributed by atoms with E-state index in [1.54, 1.807) is 0 Å². The molecule has 118 valence electrons. The van der Waals surface area contributed by atoms with Crippen molar-refractivity contribution in [3.63, 3.8) is 0 Å². The van der Waals surface area contributed by atoms with Crippen molar-refractivity contribution in [2.75, 3.05) is 6.54 Å². The van der Waals surface area contributed by atoms with Gasteiger partial charge in [0.2, 0.25) is 0 Å². The summed E-state index contributed by atoms with van der Waals surface area (Å²) in [6, 6.07) is 0.789. The molecule has 3 heteroatoms. The Morgan fingerprint density at radius 2 is 1.95 bits per heavy atom. The van der Waals surface area contributed by atoms with Gasteiger partial charge in [-0.15, -0.1) is 0 Å². The van der Waals surface area contributed by atoms with Gasteiger partial charge in [0.25, 0.3) is 0 Å². The van der Waals surface area contributed by atoms with Crippen LogP contribution in [0.4, 0.5) is 0 Å². The molecular formula is C18H31N3. The molecule has 2 fully saturated rings. The number of H-pyrrole nitrogens is 1. The first-order valence-electron chi connectivity index (χ1n) is 9.02. The molecule has 1 aromatic rings. The standard InChI is InChI=1S/C18H31N3/c1-15-16(14-20-21-15)8-7-13-19-17-9-3-6-12-18(17)10-4-2-5-11-18/h14,17,19H,2-13H2,1H3,(H,20,21). The Bertz CT molecular complexity index is 423. The third-order valence-electron chi connectivity index (χ3n) is 5.95. The van der Waals surface area contributed by atoms with Crippen LogP contribution in [0.15, 0.2) is 6.20 Å². The second-order valence-electron chi connectivity index (χ2n) is 7.30. The molecule has 1 aromatic heterocycles. The molecule has 0 amide bonds. The van der Waals surface area contributed by atoms with E-state index in [4.69, 9.17) is 0 Å². The number of aryl methyl sites for hydroxylation is 2. The number of nitrogens with zero attached hydrogens (tertiary/aromatic N) is 1. The third kappa shape index (κ3) is 3.50. The molecule has 0 saturated heterocycles. The van der Waals surface area contributed by atoms with Gasteiger partial charge in [0, 0.05) is 11.7 Å². The minimum atomic E-state index is 0.655. The van der Waals surface area contributed by atoms with Crippen LogP contribution in [0.1, 0.15) is 75.5 Å². The Morgan fingerprint density at radius 1 is 1.19 bits per heavy atom. The van der Waals surface area contributed by atoms with E-state index in [0.717, 1.165) is 19.0 Å². The van der Waals surface area contributed by atoms with E-state index in [1.165, 1.54) is 75.5 Å². The van der Waals surface area contributed by atoms with Crippen molar-refractivity contribution in [1.29, 1.82) is 0 Å². The van der Waals surface area contributed by atoms with Crippen LogP contribution < -0.4 is 5.32 Å². The average Bonchev–Trinajstić information content (AvgIpc) is 2.92. The zero-order valence-electron chi connectivity index (χ0n) is 13.6. The Kier molecular flexibility index (Phi) is 4.99. The lowest BCUT2D eigenvalue weighted by Gasteiger charge is -2.47. The van der Waals surface area contributed by atoms with Gasteiger partial charge in [-0.1, -0.05) is 32.1 Å². The highest BCUT2D eigenvalue weighted by Gasteiger charge is 2.40. The van der Waals surface area contributed by atoms with Crippen LogP contribution in [-0.4, -0.2) is 22.8 Å². The highest BCUT2D eigenvalue weighted by atomic mass is 15.1. The highest BCUT2D eigenvalue weighted by Crippen LogP contribution is 2.47. The predicted molar refractivity (Wildman–Crippen MR) is 87.4 cm³/mol. The number of hydrogen-bond donors (Lipinski definition) is 2. The fourth-order valence-corrected chi connectivity index (χ4v) is 4.66. The first kappa shape index (κ1) is 15.1. The normalized spacial score (nSPS) is 25.3. The smallest absolute Gasteiger partial charge is 0.0522 e. The van der Waals surface area contributed by atoms with Crippen LogP contribution >= 0.6 is 0 Å². The maximum atomic E-state index is 4.11. The maximum absolute atomic E-state index is 4.11. The molecular weight excluding hydrogens is 258 g/mol. The van der Waals surface area contributed by atoms with Crippen molar-refractivity contribution >= 4 is 0 Å². The van der Waals surface area contributed by atoms with E-state index in [0.29, 0.717) is 5.41 Å². The van der Waals surface area contributed by atoms with Crippen molar-refractivity contribution in [3.8, 4) is 0 Å². The van der Waals surface area contributed by atoms with Gasteiger partial charge < -0.3 is 5.32 Å². The highest BCUT2D eigenvalue weighted by molar-refractivity contribution is 5.14. The van der Waals surface area contributed by atoms with Crippen LogP contribution in [-0.2, 0) is 6.42 Å². The summed E-state index contributed by atoms with van der Waals surface area (Å²) in [6.45, 7) is 3.28. The lowest BCUT2D eigenvalue weighted by atomic mass is 9.62. The average molecular weight is 289 g/mol. The van der Waals surface area contributed by atoms with Gasteiger partial charge in [-0.2, -0.15) is 5.10 Å². The van der Waals surface area contributed by atoms with Gasteiger partial charge in [0.05, 0.1) is 6.20 Å². The molecule has 2 saturated carbocycles. The van der Waals surface area contributed by atoms with E-state index >= 15 is 0 Å². The second-order valence-corrected chi connectivity index (χ2v) is 7.30. The van der Waals surface area contributed by atoms with Crippen LogP contribution in [0.25, 0.3) is 0 Å². The summed E-state index contributed by atoms with van der Waals surface area (Å²) in [4.78, 5) is 0. The van der Waals surface area contributed by atoms with E-state index in [1.807, 2.05) is 6.20 Å². The van der Waals surface area contributed by atoms with Gasteiger partial charge >= 0.3 is 0 Å². The first-order chi connectivity index (χ1) is 10.3.